The maximum atomic E-state index is 12.0. The first kappa shape index (κ1) is 15.4. The molecule has 0 heterocycles. The average molecular weight is 263 g/mol. The normalized spacial score (nSPS) is 12.3. The lowest BCUT2D eigenvalue weighted by atomic mass is 10.0. The number of carbonyl (C=O) groups is 2. The fourth-order valence-electron chi connectivity index (χ4n) is 1.82. The van der Waals surface area contributed by atoms with Crippen LogP contribution in [0.5, 0.6) is 0 Å². The third-order valence-corrected chi connectivity index (χ3v) is 3.11. The van der Waals surface area contributed by atoms with Gasteiger partial charge in [0.05, 0.1) is 0 Å². The van der Waals surface area contributed by atoms with Crippen molar-refractivity contribution in [3.63, 3.8) is 0 Å². The van der Waals surface area contributed by atoms with Crippen LogP contribution in [0.25, 0.3) is 0 Å². The molecule has 1 amide bonds. The number of rotatable bonds is 6. The predicted octanol–water partition coefficient (Wildman–Crippen LogP) is 2.03. The third kappa shape index (κ3) is 4.48. The smallest absolute Gasteiger partial charge is 0.251 e. The van der Waals surface area contributed by atoms with Crippen molar-refractivity contribution in [1.29, 1.82) is 0 Å². The van der Waals surface area contributed by atoms with E-state index in [-0.39, 0.29) is 30.3 Å². The van der Waals surface area contributed by atoms with Crippen molar-refractivity contribution in [1.82, 2.24) is 5.32 Å². The van der Waals surface area contributed by atoms with Crippen molar-refractivity contribution >= 4 is 11.7 Å². The second-order valence-corrected chi connectivity index (χ2v) is 4.97. The molecule has 1 rings (SSSR count). The van der Waals surface area contributed by atoms with Gasteiger partial charge in [-0.1, -0.05) is 26.0 Å². The molecule has 0 fully saturated rings. The van der Waals surface area contributed by atoms with Crippen LogP contribution >= 0.6 is 0 Å². The second-order valence-electron chi connectivity index (χ2n) is 4.97. The summed E-state index contributed by atoms with van der Waals surface area (Å²) in [6, 6.07) is 6.52. The minimum Gasteiger partial charge on any atom is -0.396 e. The van der Waals surface area contributed by atoms with Crippen molar-refractivity contribution in [2.24, 2.45) is 5.92 Å². The zero-order valence-corrected chi connectivity index (χ0v) is 11.6. The van der Waals surface area contributed by atoms with E-state index in [1.54, 1.807) is 24.3 Å². The van der Waals surface area contributed by atoms with Crippen LogP contribution < -0.4 is 5.32 Å². The average Bonchev–Trinajstić information content (AvgIpc) is 2.38. The summed E-state index contributed by atoms with van der Waals surface area (Å²) in [6.07, 6.45) is 0.537. The third-order valence-electron chi connectivity index (χ3n) is 3.11. The number of nitrogens with one attached hydrogen (secondary N) is 1. The maximum Gasteiger partial charge on any atom is 0.251 e. The molecule has 4 nitrogen and oxygen atoms in total. The first-order chi connectivity index (χ1) is 8.95. The van der Waals surface area contributed by atoms with E-state index < -0.39 is 0 Å². The molecule has 1 unspecified atom stereocenters. The van der Waals surface area contributed by atoms with Crippen molar-refractivity contribution < 1.29 is 14.7 Å². The molecule has 104 valence electrons. The fraction of sp³-hybridized carbons (Fsp3) is 0.467. The Labute approximate surface area is 113 Å². The van der Waals surface area contributed by atoms with E-state index >= 15 is 0 Å². The van der Waals surface area contributed by atoms with Gasteiger partial charge in [0.2, 0.25) is 0 Å². The van der Waals surface area contributed by atoms with Crippen LogP contribution in [-0.2, 0) is 0 Å². The van der Waals surface area contributed by atoms with Gasteiger partial charge in [0, 0.05) is 23.8 Å². The lowest BCUT2D eigenvalue weighted by Gasteiger charge is -2.21. The molecule has 2 N–H and O–H groups in total. The maximum absolute atomic E-state index is 12.0. The van der Waals surface area contributed by atoms with Crippen LogP contribution in [0.1, 0.15) is 47.9 Å². The van der Waals surface area contributed by atoms with Crippen molar-refractivity contribution in [2.45, 2.75) is 33.2 Å². The van der Waals surface area contributed by atoms with E-state index in [2.05, 4.69) is 5.32 Å². The zero-order valence-electron chi connectivity index (χ0n) is 11.6. The Morgan fingerprint density at radius 1 is 1.16 bits per heavy atom. The molecule has 0 aliphatic heterocycles. The summed E-state index contributed by atoms with van der Waals surface area (Å²) in [5, 5.41) is 11.9. The minimum absolute atomic E-state index is 0.0210. The highest BCUT2D eigenvalue weighted by atomic mass is 16.3. The highest BCUT2D eigenvalue weighted by Gasteiger charge is 2.16. The summed E-state index contributed by atoms with van der Waals surface area (Å²) in [7, 11) is 0. The molecule has 1 atom stereocenters. The van der Waals surface area contributed by atoms with E-state index in [1.807, 2.05) is 13.8 Å². The Morgan fingerprint density at radius 3 is 2.11 bits per heavy atom. The van der Waals surface area contributed by atoms with E-state index in [0.29, 0.717) is 17.5 Å². The van der Waals surface area contributed by atoms with Crippen molar-refractivity contribution in [3.05, 3.63) is 35.4 Å². The molecule has 0 aromatic heterocycles. The second kappa shape index (κ2) is 7.04. The van der Waals surface area contributed by atoms with Crippen LogP contribution in [0.4, 0.5) is 0 Å². The van der Waals surface area contributed by atoms with Crippen LogP contribution in [0.2, 0.25) is 0 Å². The number of hydrogen-bond donors (Lipinski definition) is 2. The van der Waals surface area contributed by atoms with Gasteiger partial charge in [-0.05, 0) is 31.4 Å². The summed E-state index contributed by atoms with van der Waals surface area (Å²) in [5.41, 5.74) is 1.11. The largest absolute Gasteiger partial charge is 0.396 e. The molecule has 0 spiro atoms. The number of ketones is 1. The Morgan fingerprint density at radius 2 is 1.68 bits per heavy atom. The van der Waals surface area contributed by atoms with Gasteiger partial charge in [-0.2, -0.15) is 0 Å². The van der Waals surface area contributed by atoms with Crippen LogP contribution in [-0.4, -0.2) is 29.4 Å². The summed E-state index contributed by atoms with van der Waals surface area (Å²) >= 11 is 0. The molecule has 4 heteroatoms. The summed E-state index contributed by atoms with van der Waals surface area (Å²) in [6.45, 7) is 5.54. The molecule has 19 heavy (non-hydrogen) atoms. The van der Waals surface area contributed by atoms with Crippen molar-refractivity contribution in [2.75, 3.05) is 6.61 Å². The predicted molar refractivity (Wildman–Crippen MR) is 74.2 cm³/mol. The molecule has 0 aliphatic rings. The van der Waals surface area contributed by atoms with E-state index in [9.17, 15) is 9.59 Å². The van der Waals surface area contributed by atoms with Gasteiger partial charge in [0.15, 0.2) is 5.78 Å². The molecular formula is C15H21NO3. The fourth-order valence-corrected chi connectivity index (χ4v) is 1.82. The molecule has 1 aromatic rings. The van der Waals surface area contributed by atoms with Gasteiger partial charge in [0.25, 0.3) is 5.91 Å². The van der Waals surface area contributed by atoms with Crippen LogP contribution in [0.3, 0.4) is 0 Å². The Hall–Kier alpha value is -1.68. The molecule has 0 saturated heterocycles. The first-order valence-corrected chi connectivity index (χ1v) is 6.48. The lowest BCUT2D eigenvalue weighted by Crippen LogP contribution is -2.39. The van der Waals surface area contributed by atoms with E-state index in [0.717, 1.165) is 0 Å². The molecule has 0 saturated carbocycles. The molecule has 1 aromatic carbocycles. The quantitative estimate of drug-likeness (QED) is 0.772. The van der Waals surface area contributed by atoms with Crippen LogP contribution in [0.15, 0.2) is 24.3 Å². The minimum atomic E-state index is -0.178. The zero-order chi connectivity index (χ0) is 14.4. The van der Waals surface area contributed by atoms with Crippen LogP contribution in [0, 0.1) is 5.92 Å². The molecule has 0 bridgehead atoms. The van der Waals surface area contributed by atoms with Gasteiger partial charge in [-0.15, -0.1) is 0 Å². The highest BCUT2D eigenvalue weighted by molar-refractivity contribution is 5.97. The van der Waals surface area contributed by atoms with Crippen molar-refractivity contribution in [3.8, 4) is 0 Å². The SMILES string of the molecule is CC(=O)c1ccc(C(=O)NC(CCO)C(C)C)cc1. The lowest BCUT2D eigenvalue weighted by molar-refractivity contribution is 0.0915. The number of Topliss-reactive ketones (excluding diaryl/α,β-unsaturated/α-hetero) is 1. The van der Waals surface area contributed by atoms with Gasteiger partial charge < -0.3 is 10.4 Å². The highest BCUT2D eigenvalue weighted by Crippen LogP contribution is 2.09. The Bertz CT molecular complexity index is 437. The van der Waals surface area contributed by atoms with Gasteiger partial charge in [-0.3, -0.25) is 9.59 Å². The Kier molecular flexibility index (Phi) is 5.70. The molecule has 0 radical (unpaired) electrons. The number of aliphatic hydroxyl groups is 1. The molecule has 0 aliphatic carbocycles. The van der Waals surface area contributed by atoms with E-state index in [1.165, 1.54) is 6.92 Å². The van der Waals surface area contributed by atoms with Gasteiger partial charge in [0.1, 0.15) is 0 Å². The molecular weight excluding hydrogens is 242 g/mol. The summed E-state index contributed by atoms with van der Waals surface area (Å²) in [5.74, 6) is 0.0575. The number of benzene rings is 1. The summed E-state index contributed by atoms with van der Waals surface area (Å²) < 4.78 is 0. The topological polar surface area (TPSA) is 66.4 Å². The van der Waals surface area contributed by atoms with Gasteiger partial charge >= 0.3 is 0 Å². The van der Waals surface area contributed by atoms with Gasteiger partial charge in [-0.25, -0.2) is 0 Å². The summed E-state index contributed by atoms with van der Waals surface area (Å²) in [4.78, 5) is 23.2. The monoisotopic (exact) mass is 263 g/mol. The Balaban J connectivity index is 2.74. The standard InChI is InChI=1S/C15H21NO3/c1-10(2)14(8-9-17)16-15(19)13-6-4-12(5-7-13)11(3)18/h4-7,10,14,17H,8-9H2,1-3H3,(H,16,19). The number of amides is 1. The number of carbonyl (C=O) groups excluding carboxylic acids is 2. The number of hydrogen-bond acceptors (Lipinski definition) is 3. The number of aliphatic hydroxyl groups excluding tert-OH is 1. The first-order valence-electron chi connectivity index (χ1n) is 6.48. The van der Waals surface area contributed by atoms with E-state index in [4.69, 9.17) is 5.11 Å².